The van der Waals surface area contributed by atoms with Crippen molar-refractivity contribution in [3.8, 4) is 0 Å². The lowest BCUT2D eigenvalue weighted by Gasteiger charge is -2.08. The van der Waals surface area contributed by atoms with Crippen molar-refractivity contribution in [2.24, 2.45) is 0 Å². The van der Waals surface area contributed by atoms with Crippen molar-refractivity contribution in [3.63, 3.8) is 0 Å². The fourth-order valence-electron chi connectivity index (χ4n) is 4.18. The zero-order chi connectivity index (χ0) is 25.9. The summed E-state index contributed by atoms with van der Waals surface area (Å²) < 4.78 is 33.6. The fourth-order valence-corrected chi connectivity index (χ4v) is 4.18. The number of aliphatic hydroxyl groups excluding tert-OH is 1. The standard InChI is InChI=1S/C22H21N5O2.C2HF3O2/c28-16-8-11-26(13-16)14-20-25-21(19-6-1-2-10-27(19)20)22(29)24-18-5-3-4-15-12-23-9-7-17(15)18;3-2(4,5)1(6)7/h1-7,9-10,12,16,28H,8,11,13-14H2,(H,24,29);(H,6,7)/p+1. The van der Waals surface area contributed by atoms with Gasteiger partial charge in [0.15, 0.2) is 12.1 Å². The van der Waals surface area contributed by atoms with Gasteiger partial charge in [-0.25, -0.2) is 4.98 Å². The summed E-state index contributed by atoms with van der Waals surface area (Å²) in [7, 11) is 0. The van der Waals surface area contributed by atoms with Crippen molar-refractivity contribution < 1.29 is 42.3 Å². The third kappa shape index (κ3) is 5.61. The van der Waals surface area contributed by atoms with E-state index in [2.05, 4.69) is 15.3 Å². The first kappa shape index (κ1) is 25.1. The summed E-state index contributed by atoms with van der Waals surface area (Å²) in [5, 5.41) is 23.6. The van der Waals surface area contributed by atoms with Gasteiger partial charge in [-0.1, -0.05) is 18.2 Å². The zero-order valence-corrected chi connectivity index (χ0v) is 18.9. The maximum atomic E-state index is 13.2. The molecule has 1 saturated heterocycles. The van der Waals surface area contributed by atoms with E-state index in [9.17, 15) is 23.1 Å². The second-order valence-corrected chi connectivity index (χ2v) is 8.37. The van der Waals surface area contributed by atoms with Gasteiger partial charge in [-0.15, -0.1) is 0 Å². The van der Waals surface area contributed by atoms with E-state index in [0.29, 0.717) is 5.69 Å². The van der Waals surface area contributed by atoms with Crippen LogP contribution in [0.15, 0.2) is 61.1 Å². The smallest absolute Gasteiger partial charge is 0.430 e. The van der Waals surface area contributed by atoms with Crippen LogP contribution in [0, 0.1) is 0 Å². The quantitative estimate of drug-likeness (QED) is 0.293. The molecule has 0 radical (unpaired) electrons. The Bertz CT molecular complexity index is 1400. The number of aliphatic carboxylic acids is 1. The van der Waals surface area contributed by atoms with E-state index in [1.807, 2.05) is 53.1 Å². The number of aromatic amines is 1. The van der Waals surface area contributed by atoms with E-state index in [1.54, 1.807) is 12.4 Å². The Morgan fingerprint density at radius 2 is 2.00 bits per heavy atom. The molecule has 4 aromatic rings. The number of nitrogens with one attached hydrogen (secondary N) is 3. The number of aromatic nitrogens is 3. The number of benzene rings is 1. The number of aliphatic hydroxyl groups is 1. The van der Waals surface area contributed by atoms with Gasteiger partial charge < -0.3 is 25.2 Å². The van der Waals surface area contributed by atoms with Crippen molar-refractivity contribution in [2.75, 3.05) is 18.4 Å². The molecule has 1 aliphatic heterocycles. The number of carboxylic acid groups (broad SMARTS) is 1. The molecule has 2 atom stereocenters. The van der Waals surface area contributed by atoms with E-state index < -0.39 is 12.1 Å². The minimum absolute atomic E-state index is 0.180. The summed E-state index contributed by atoms with van der Waals surface area (Å²) in [4.78, 5) is 30.7. The van der Waals surface area contributed by atoms with E-state index >= 15 is 0 Å². The first-order chi connectivity index (χ1) is 17.1. The molecule has 1 aromatic carbocycles. The molecular formula is C24H23F3N5O4+. The fraction of sp³-hybridized carbons (Fsp3) is 0.250. The molecule has 1 amide bonds. The molecule has 0 bridgehead atoms. The molecule has 12 heteroatoms. The predicted octanol–water partition coefficient (Wildman–Crippen LogP) is 0.00200. The molecule has 0 aliphatic carbocycles. The van der Waals surface area contributed by atoms with Crippen molar-refractivity contribution in [2.45, 2.75) is 25.2 Å². The highest BCUT2D eigenvalue weighted by atomic mass is 19.4. The molecule has 1 fully saturated rings. The third-order valence-electron chi connectivity index (χ3n) is 5.84. The summed E-state index contributed by atoms with van der Waals surface area (Å²) in [5.74, 6) is -2.23. The van der Waals surface area contributed by atoms with Crippen LogP contribution in [0.3, 0.4) is 0 Å². The summed E-state index contributed by atoms with van der Waals surface area (Å²) in [6.07, 6.45) is 0.870. The number of quaternary nitrogens is 1. The van der Waals surface area contributed by atoms with Crippen LogP contribution in [-0.2, 0) is 11.3 Å². The summed E-state index contributed by atoms with van der Waals surface area (Å²) in [5.41, 5.74) is 2.13. The summed E-state index contributed by atoms with van der Waals surface area (Å²) in [6.45, 7) is 2.40. The molecule has 0 spiro atoms. The normalized spacial score (nSPS) is 17.6. The Labute approximate surface area is 202 Å². The highest BCUT2D eigenvalue weighted by Gasteiger charge is 2.31. The minimum Gasteiger partial charge on any atom is -0.542 e. The van der Waals surface area contributed by atoms with Gasteiger partial charge in [0.2, 0.25) is 5.69 Å². The van der Waals surface area contributed by atoms with Crippen LogP contribution < -0.4 is 19.7 Å². The molecule has 9 nitrogen and oxygen atoms in total. The molecule has 0 saturated carbocycles. The first-order valence-electron chi connectivity index (χ1n) is 11.1. The Morgan fingerprint density at radius 1 is 1.22 bits per heavy atom. The van der Waals surface area contributed by atoms with E-state index in [1.165, 1.54) is 4.90 Å². The van der Waals surface area contributed by atoms with Crippen molar-refractivity contribution in [1.29, 1.82) is 0 Å². The van der Waals surface area contributed by atoms with Crippen LogP contribution in [0.2, 0.25) is 0 Å². The van der Waals surface area contributed by atoms with Crippen LogP contribution in [0.25, 0.3) is 16.3 Å². The Kier molecular flexibility index (Phi) is 7.17. The number of hydrogen-bond donors (Lipinski definition) is 4. The lowest BCUT2D eigenvalue weighted by atomic mass is 10.1. The number of imidazole rings is 1. The number of alkyl halides is 3. The van der Waals surface area contributed by atoms with Crippen molar-refractivity contribution in [1.82, 2.24) is 9.97 Å². The monoisotopic (exact) mass is 502 g/mol. The van der Waals surface area contributed by atoms with Gasteiger partial charge in [0.1, 0.15) is 18.6 Å². The van der Waals surface area contributed by atoms with Crippen molar-refractivity contribution >= 4 is 33.9 Å². The van der Waals surface area contributed by atoms with Crippen LogP contribution in [0.4, 0.5) is 18.9 Å². The molecule has 188 valence electrons. The average Bonchev–Trinajstić information content (AvgIpc) is 3.43. The van der Waals surface area contributed by atoms with Crippen LogP contribution in [0.5, 0.6) is 0 Å². The highest BCUT2D eigenvalue weighted by Crippen LogP contribution is 2.23. The number of carboxylic acids is 1. The van der Waals surface area contributed by atoms with E-state index in [4.69, 9.17) is 9.90 Å². The molecular weight excluding hydrogens is 479 g/mol. The maximum Gasteiger partial charge on any atom is 0.430 e. The molecule has 2 unspecified atom stereocenters. The van der Waals surface area contributed by atoms with Gasteiger partial charge in [-0.2, -0.15) is 17.6 Å². The number of likely N-dealkylation sites (tertiary alicyclic amines) is 1. The highest BCUT2D eigenvalue weighted by molar-refractivity contribution is 6.10. The average molecular weight is 502 g/mol. The van der Waals surface area contributed by atoms with Crippen molar-refractivity contribution in [3.05, 3.63) is 72.6 Å². The van der Waals surface area contributed by atoms with Crippen LogP contribution >= 0.6 is 0 Å². The lowest BCUT2D eigenvalue weighted by Crippen LogP contribution is -3.09. The molecule has 4 heterocycles. The number of amides is 1. The van der Waals surface area contributed by atoms with Gasteiger partial charge in [-0.3, -0.25) is 9.78 Å². The number of carbonyl (C=O) groups excluding carboxylic acids is 2. The van der Waals surface area contributed by atoms with Gasteiger partial charge in [0.25, 0.3) is 5.91 Å². The number of nitrogens with zero attached hydrogens (tertiary/aromatic N) is 2. The van der Waals surface area contributed by atoms with Gasteiger partial charge in [-0.05, 0) is 24.3 Å². The molecule has 5 rings (SSSR count). The van der Waals surface area contributed by atoms with Crippen LogP contribution in [-0.4, -0.2) is 52.3 Å². The van der Waals surface area contributed by atoms with Crippen LogP contribution in [0.1, 0.15) is 22.7 Å². The second-order valence-electron chi connectivity index (χ2n) is 8.37. The number of fused-ring (bicyclic) bond motifs is 2. The summed E-state index contributed by atoms with van der Waals surface area (Å²) >= 11 is 0. The first-order valence-corrected chi connectivity index (χ1v) is 11.1. The Hall–Kier alpha value is -4.03. The minimum atomic E-state index is -5.19. The van der Waals surface area contributed by atoms with Gasteiger partial charge in [0.05, 0.1) is 12.7 Å². The molecule has 1 aliphatic rings. The number of anilines is 1. The molecule has 4 N–H and O–H groups in total. The van der Waals surface area contributed by atoms with Gasteiger partial charge >= 0.3 is 12.0 Å². The number of rotatable bonds is 4. The number of halogens is 3. The maximum absolute atomic E-state index is 13.2. The summed E-state index contributed by atoms with van der Waals surface area (Å²) in [6, 6.07) is 13.5. The van der Waals surface area contributed by atoms with Gasteiger partial charge in [0, 0.05) is 35.3 Å². The topological polar surface area (TPSA) is 127 Å². The zero-order valence-electron chi connectivity index (χ0n) is 18.9. The predicted molar refractivity (Wildman–Crippen MR) is 120 cm³/mol. The lowest BCUT2D eigenvalue weighted by molar-refractivity contribution is -0.908. The van der Waals surface area contributed by atoms with E-state index in [0.717, 1.165) is 53.9 Å². The molecule has 36 heavy (non-hydrogen) atoms. The SMILES string of the molecule is O=C(Nc1cccc2cnccc12)c1[nH]c(C[NH+]2CCC(O)C2)[n+]2ccccc12.O=C([O-])C(F)(F)F. The number of hydrogen-bond acceptors (Lipinski definition) is 5. The number of pyridine rings is 2. The number of carbonyl (C=O) groups is 2. The third-order valence-corrected chi connectivity index (χ3v) is 5.84. The van der Waals surface area contributed by atoms with E-state index in [-0.39, 0.29) is 12.0 Å². The molecule has 3 aromatic heterocycles. The Morgan fingerprint density at radius 3 is 2.69 bits per heavy atom. The second kappa shape index (κ2) is 10.3. The Balaban J connectivity index is 0.000000384. The largest absolute Gasteiger partial charge is 0.542 e. The number of H-pyrrole nitrogens is 1.